The highest BCUT2D eigenvalue weighted by atomic mass is 32.1. The maximum atomic E-state index is 12.4. The first-order valence-electron chi connectivity index (χ1n) is 9.02. The van der Waals surface area contributed by atoms with E-state index in [1.807, 2.05) is 53.9 Å². The van der Waals surface area contributed by atoms with E-state index >= 15 is 0 Å². The van der Waals surface area contributed by atoms with Crippen LogP contribution < -0.4 is 14.8 Å². The third-order valence-corrected chi connectivity index (χ3v) is 4.94. The van der Waals surface area contributed by atoms with Crippen LogP contribution >= 0.6 is 11.3 Å². The van der Waals surface area contributed by atoms with Gasteiger partial charge in [-0.15, -0.1) is 11.3 Å². The molecule has 1 amide bonds. The summed E-state index contributed by atoms with van der Waals surface area (Å²) in [6, 6.07) is 24.3. The van der Waals surface area contributed by atoms with Crippen molar-refractivity contribution >= 4 is 22.9 Å². The Kier molecular flexibility index (Phi) is 5.83. The summed E-state index contributed by atoms with van der Waals surface area (Å²) in [7, 11) is 0. The third-order valence-electron chi connectivity index (χ3n) is 4.04. The Labute approximate surface area is 172 Å². The Hall–Kier alpha value is -3.64. The molecule has 5 nitrogen and oxygen atoms in total. The van der Waals surface area contributed by atoms with Crippen LogP contribution in [0.3, 0.4) is 0 Å². The van der Waals surface area contributed by atoms with Crippen molar-refractivity contribution in [1.29, 1.82) is 0 Å². The number of nitrogens with zero attached hydrogens (tertiary/aromatic N) is 1. The van der Waals surface area contributed by atoms with E-state index in [1.165, 1.54) is 0 Å². The SMILES string of the molecule is O=C(COc1ccc(Oc2ccccn2)cc1)Nc1ccccc1-c1cccs1. The standard InChI is InChI=1S/C23H18N2O3S/c26-22(25-20-7-2-1-6-19(20)21-8-5-15-29-21)16-27-17-10-12-18(13-11-17)28-23-9-3-4-14-24-23/h1-15H,16H2,(H,25,26). The van der Waals surface area contributed by atoms with Crippen molar-refractivity contribution < 1.29 is 14.3 Å². The lowest BCUT2D eigenvalue weighted by Crippen LogP contribution is -2.20. The van der Waals surface area contributed by atoms with Crippen LogP contribution in [0, 0.1) is 0 Å². The van der Waals surface area contributed by atoms with Gasteiger partial charge in [0.15, 0.2) is 6.61 Å². The molecule has 0 aliphatic carbocycles. The average molecular weight is 402 g/mol. The van der Waals surface area contributed by atoms with Crippen LogP contribution in [0.5, 0.6) is 17.4 Å². The lowest BCUT2D eigenvalue weighted by atomic mass is 10.1. The molecule has 2 aromatic heterocycles. The quantitative estimate of drug-likeness (QED) is 0.436. The molecule has 0 unspecified atom stereocenters. The second-order valence-corrected chi connectivity index (χ2v) is 7.05. The van der Waals surface area contributed by atoms with Crippen molar-refractivity contribution in [3.63, 3.8) is 0 Å². The number of para-hydroxylation sites is 1. The number of hydrogen-bond donors (Lipinski definition) is 1. The highest BCUT2D eigenvalue weighted by Gasteiger charge is 2.10. The average Bonchev–Trinajstić information content (AvgIpc) is 3.29. The molecule has 0 fully saturated rings. The van der Waals surface area contributed by atoms with Crippen molar-refractivity contribution in [1.82, 2.24) is 4.98 Å². The van der Waals surface area contributed by atoms with Crippen molar-refractivity contribution in [2.75, 3.05) is 11.9 Å². The van der Waals surface area contributed by atoms with Gasteiger partial charge in [-0.1, -0.05) is 30.3 Å². The number of rotatable bonds is 7. The number of carbonyl (C=O) groups excluding carboxylic acids is 1. The van der Waals surface area contributed by atoms with Crippen molar-refractivity contribution in [2.45, 2.75) is 0 Å². The van der Waals surface area contributed by atoms with Gasteiger partial charge in [-0.2, -0.15) is 0 Å². The van der Waals surface area contributed by atoms with E-state index < -0.39 is 0 Å². The van der Waals surface area contributed by atoms with Crippen molar-refractivity contribution in [2.24, 2.45) is 0 Å². The number of benzene rings is 2. The topological polar surface area (TPSA) is 60.5 Å². The summed E-state index contributed by atoms with van der Waals surface area (Å²) in [5.41, 5.74) is 1.76. The molecule has 0 saturated carbocycles. The van der Waals surface area contributed by atoms with E-state index in [0.29, 0.717) is 17.4 Å². The Morgan fingerprint density at radius 3 is 2.45 bits per heavy atom. The zero-order valence-corrected chi connectivity index (χ0v) is 16.3. The second kappa shape index (κ2) is 9.03. The van der Waals surface area contributed by atoms with Gasteiger partial charge in [0.2, 0.25) is 5.88 Å². The zero-order valence-electron chi connectivity index (χ0n) is 15.4. The van der Waals surface area contributed by atoms with Gasteiger partial charge in [-0.3, -0.25) is 4.79 Å². The molecular formula is C23H18N2O3S. The molecule has 0 radical (unpaired) electrons. The minimum absolute atomic E-state index is 0.0841. The molecule has 6 heteroatoms. The summed E-state index contributed by atoms with van der Waals surface area (Å²) in [5, 5.41) is 4.94. The van der Waals surface area contributed by atoms with Gasteiger partial charge in [-0.25, -0.2) is 4.98 Å². The highest BCUT2D eigenvalue weighted by Crippen LogP contribution is 2.31. The molecule has 0 atom stereocenters. The number of hydrogen-bond acceptors (Lipinski definition) is 5. The summed E-state index contributed by atoms with van der Waals surface area (Å²) >= 11 is 1.63. The predicted molar refractivity (Wildman–Crippen MR) is 115 cm³/mol. The van der Waals surface area contributed by atoms with Gasteiger partial charge in [0.25, 0.3) is 5.91 Å². The van der Waals surface area contributed by atoms with E-state index in [-0.39, 0.29) is 12.5 Å². The van der Waals surface area contributed by atoms with E-state index in [9.17, 15) is 4.79 Å². The van der Waals surface area contributed by atoms with Gasteiger partial charge >= 0.3 is 0 Å². The predicted octanol–water partition coefficient (Wildman–Crippen LogP) is 5.62. The number of amides is 1. The van der Waals surface area contributed by atoms with Gasteiger partial charge < -0.3 is 14.8 Å². The highest BCUT2D eigenvalue weighted by molar-refractivity contribution is 7.13. The molecule has 2 heterocycles. The Morgan fingerprint density at radius 1 is 0.897 bits per heavy atom. The van der Waals surface area contributed by atoms with Crippen LogP contribution in [0.15, 0.2) is 90.4 Å². The normalized spacial score (nSPS) is 10.3. The molecule has 4 rings (SSSR count). The maximum Gasteiger partial charge on any atom is 0.262 e. The zero-order chi connectivity index (χ0) is 19.9. The Balaban J connectivity index is 1.33. The lowest BCUT2D eigenvalue weighted by molar-refractivity contribution is -0.118. The summed E-state index contributed by atoms with van der Waals surface area (Å²) in [5.74, 6) is 1.53. The van der Waals surface area contributed by atoms with Crippen LogP contribution in [-0.2, 0) is 4.79 Å². The largest absolute Gasteiger partial charge is 0.484 e. The number of anilines is 1. The number of ether oxygens (including phenoxy) is 2. The Bertz CT molecular complexity index is 1070. The monoisotopic (exact) mass is 402 g/mol. The molecule has 0 spiro atoms. The van der Waals surface area contributed by atoms with Crippen LogP contribution in [0.2, 0.25) is 0 Å². The van der Waals surface area contributed by atoms with E-state index in [1.54, 1.807) is 47.9 Å². The lowest BCUT2D eigenvalue weighted by Gasteiger charge is -2.11. The first-order chi connectivity index (χ1) is 14.3. The molecule has 0 saturated heterocycles. The summed E-state index contributed by atoms with van der Waals surface area (Å²) in [6.45, 7) is -0.0841. The van der Waals surface area contributed by atoms with Crippen molar-refractivity contribution in [3.05, 3.63) is 90.4 Å². The van der Waals surface area contributed by atoms with Crippen LogP contribution in [0.4, 0.5) is 5.69 Å². The fourth-order valence-corrected chi connectivity index (χ4v) is 3.47. The van der Waals surface area contributed by atoms with Gasteiger partial charge in [-0.05, 0) is 47.8 Å². The van der Waals surface area contributed by atoms with Gasteiger partial charge in [0, 0.05) is 28.4 Å². The minimum Gasteiger partial charge on any atom is -0.484 e. The third kappa shape index (κ3) is 5.00. The molecule has 1 N–H and O–H groups in total. The number of pyridine rings is 1. The molecule has 29 heavy (non-hydrogen) atoms. The molecule has 0 bridgehead atoms. The van der Waals surface area contributed by atoms with Crippen molar-refractivity contribution in [3.8, 4) is 27.8 Å². The number of carbonyl (C=O) groups is 1. The molecule has 0 aliphatic heterocycles. The number of nitrogens with one attached hydrogen (secondary N) is 1. The smallest absolute Gasteiger partial charge is 0.262 e. The number of aromatic nitrogens is 1. The van der Waals surface area contributed by atoms with E-state index in [4.69, 9.17) is 9.47 Å². The van der Waals surface area contributed by atoms with E-state index in [2.05, 4.69) is 10.3 Å². The van der Waals surface area contributed by atoms with Crippen LogP contribution in [0.25, 0.3) is 10.4 Å². The molecule has 144 valence electrons. The first kappa shape index (κ1) is 18.7. The van der Waals surface area contributed by atoms with Crippen LogP contribution in [0.1, 0.15) is 0 Å². The summed E-state index contributed by atoms with van der Waals surface area (Å²) < 4.78 is 11.2. The first-order valence-corrected chi connectivity index (χ1v) is 9.90. The van der Waals surface area contributed by atoms with E-state index in [0.717, 1.165) is 16.1 Å². The molecular weight excluding hydrogens is 384 g/mol. The van der Waals surface area contributed by atoms with Crippen LogP contribution in [-0.4, -0.2) is 17.5 Å². The fraction of sp³-hybridized carbons (Fsp3) is 0.0435. The maximum absolute atomic E-state index is 12.4. The molecule has 0 aliphatic rings. The number of thiophene rings is 1. The van der Waals surface area contributed by atoms with Gasteiger partial charge in [0.05, 0.1) is 0 Å². The molecule has 2 aromatic carbocycles. The Morgan fingerprint density at radius 2 is 1.69 bits per heavy atom. The van der Waals surface area contributed by atoms with Gasteiger partial charge in [0.1, 0.15) is 11.5 Å². The second-order valence-electron chi connectivity index (χ2n) is 6.10. The summed E-state index contributed by atoms with van der Waals surface area (Å²) in [4.78, 5) is 17.6. The summed E-state index contributed by atoms with van der Waals surface area (Å²) in [6.07, 6.45) is 1.67. The fourth-order valence-electron chi connectivity index (χ4n) is 2.71. The molecule has 4 aromatic rings. The minimum atomic E-state index is -0.220.